The molecule has 2 atom stereocenters. The first-order chi connectivity index (χ1) is 10.5. The molecule has 1 aromatic rings. The Morgan fingerprint density at radius 1 is 1.41 bits per heavy atom. The van der Waals surface area contributed by atoms with Crippen molar-refractivity contribution in [3.63, 3.8) is 0 Å². The van der Waals surface area contributed by atoms with Gasteiger partial charge in [-0.1, -0.05) is 25.1 Å². The summed E-state index contributed by atoms with van der Waals surface area (Å²) in [7, 11) is 1.64. The van der Waals surface area contributed by atoms with E-state index in [-0.39, 0.29) is 11.8 Å². The molecule has 0 spiro atoms. The number of rotatable bonds is 6. The van der Waals surface area contributed by atoms with Crippen LogP contribution in [0.3, 0.4) is 0 Å². The number of nitrogens with zero attached hydrogens (tertiary/aromatic N) is 1. The van der Waals surface area contributed by atoms with Crippen LogP contribution in [-0.2, 0) is 16.0 Å². The van der Waals surface area contributed by atoms with Gasteiger partial charge in [-0.3, -0.25) is 4.79 Å². The fourth-order valence-corrected chi connectivity index (χ4v) is 3.06. The average Bonchev–Trinajstić information content (AvgIpc) is 2.97. The van der Waals surface area contributed by atoms with E-state index in [2.05, 4.69) is 0 Å². The maximum Gasteiger partial charge on any atom is 0.326 e. The number of carbonyl (C=O) groups is 2. The Balaban J connectivity index is 1.95. The maximum absolute atomic E-state index is 12.3. The number of ether oxygens (including phenoxy) is 1. The van der Waals surface area contributed by atoms with Crippen molar-refractivity contribution >= 4 is 11.9 Å². The van der Waals surface area contributed by atoms with Crippen LogP contribution < -0.4 is 4.74 Å². The van der Waals surface area contributed by atoms with Gasteiger partial charge in [0.1, 0.15) is 11.8 Å². The fraction of sp³-hybridized carbons (Fsp3) is 0.529. The van der Waals surface area contributed by atoms with Crippen molar-refractivity contribution in [1.82, 2.24) is 4.90 Å². The van der Waals surface area contributed by atoms with Crippen LogP contribution in [-0.4, -0.2) is 41.6 Å². The van der Waals surface area contributed by atoms with Gasteiger partial charge in [0.05, 0.1) is 7.11 Å². The molecule has 0 saturated carbocycles. The van der Waals surface area contributed by atoms with Crippen LogP contribution in [0.5, 0.6) is 5.75 Å². The lowest BCUT2D eigenvalue weighted by molar-refractivity contribution is -0.148. The van der Waals surface area contributed by atoms with Crippen LogP contribution in [0.25, 0.3) is 0 Å². The minimum absolute atomic E-state index is 0.0627. The highest BCUT2D eigenvalue weighted by Crippen LogP contribution is 2.24. The van der Waals surface area contributed by atoms with Gasteiger partial charge in [-0.05, 0) is 36.8 Å². The molecule has 0 bridgehead atoms. The highest BCUT2D eigenvalue weighted by molar-refractivity contribution is 5.84. The van der Waals surface area contributed by atoms with E-state index in [4.69, 9.17) is 9.84 Å². The van der Waals surface area contributed by atoms with Gasteiger partial charge in [-0.15, -0.1) is 0 Å². The maximum atomic E-state index is 12.3. The zero-order chi connectivity index (χ0) is 16.1. The first kappa shape index (κ1) is 16.3. The van der Waals surface area contributed by atoms with Crippen molar-refractivity contribution in [3.8, 4) is 5.75 Å². The summed E-state index contributed by atoms with van der Waals surface area (Å²) < 4.78 is 5.33. The quantitative estimate of drug-likeness (QED) is 0.876. The topological polar surface area (TPSA) is 66.8 Å². The Bertz CT molecular complexity index is 543. The molecule has 0 aliphatic carbocycles. The lowest BCUT2D eigenvalue weighted by atomic mass is 9.96. The van der Waals surface area contributed by atoms with Crippen molar-refractivity contribution in [1.29, 1.82) is 0 Å². The third-order valence-corrected chi connectivity index (χ3v) is 4.14. The van der Waals surface area contributed by atoms with E-state index >= 15 is 0 Å². The monoisotopic (exact) mass is 305 g/mol. The van der Waals surface area contributed by atoms with Crippen molar-refractivity contribution < 1.29 is 19.4 Å². The predicted octanol–water partition coefficient (Wildman–Crippen LogP) is 2.34. The Labute approximate surface area is 130 Å². The van der Waals surface area contributed by atoms with Crippen LogP contribution in [0, 0.1) is 5.92 Å². The van der Waals surface area contributed by atoms with Crippen molar-refractivity contribution in [2.75, 3.05) is 13.7 Å². The molecule has 0 radical (unpaired) electrons. The summed E-state index contributed by atoms with van der Waals surface area (Å²) in [5, 5.41) is 9.16. The van der Waals surface area contributed by atoms with Gasteiger partial charge in [0.25, 0.3) is 0 Å². The van der Waals surface area contributed by atoms with Crippen molar-refractivity contribution in [2.45, 2.75) is 38.6 Å². The molecular weight excluding hydrogens is 282 g/mol. The highest BCUT2D eigenvalue weighted by Gasteiger charge is 2.34. The number of aliphatic carboxylic acids is 1. The number of carbonyl (C=O) groups excluding carboxylic acids is 1. The van der Waals surface area contributed by atoms with Crippen LogP contribution in [0.4, 0.5) is 0 Å². The second-order valence-electron chi connectivity index (χ2n) is 5.91. The molecular formula is C17H23NO4. The number of para-hydroxylation sites is 1. The summed E-state index contributed by atoms with van der Waals surface area (Å²) >= 11 is 0. The molecule has 1 aliphatic heterocycles. The van der Waals surface area contributed by atoms with Crippen LogP contribution in [0.15, 0.2) is 24.3 Å². The van der Waals surface area contributed by atoms with E-state index in [0.29, 0.717) is 19.4 Å². The third kappa shape index (κ3) is 3.78. The summed E-state index contributed by atoms with van der Waals surface area (Å²) in [6.45, 7) is 2.56. The normalized spacial score (nSPS) is 19.0. The van der Waals surface area contributed by atoms with E-state index in [1.54, 1.807) is 7.11 Å². The smallest absolute Gasteiger partial charge is 0.326 e. The zero-order valence-electron chi connectivity index (χ0n) is 13.1. The lowest BCUT2D eigenvalue weighted by Crippen LogP contribution is -2.41. The molecule has 1 saturated heterocycles. The van der Waals surface area contributed by atoms with Gasteiger partial charge >= 0.3 is 5.97 Å². The number of amides is 1. The number of hydrogen-bond donors (Lipinski definition) is 1. The number of methoxy groups -OCH3 is 1. The molecule has 1 N–H and O–H groups in total. The SMILES string of the molecule is COc1ccccc1C[C@H](C)CC(=O)N1CCC[C@H]1C(=O)O. The summed E-state index contributed by atoms with van der Waals surface area (Å²) in [6, 6.07) is 7.12. The van der Waals surface area contributed by atoms with Gasteiger partial charge in [-0.25, -0.2) is 4.79 Å². The van der Waals surface area contributed by atoms with E-state index in [1.165, 1.54) is 4.90 Å². The average molecular weight is 305 g/mol. The summed E-state index contributed by atoms with van der Waals surface area (Å²) in [5.41, 5.74) is 1.07. The molecule has 0 unspecified atom stereocenters. The second kappa shape index (κ2) is 7.29. The third-order valence-electron chi connectivity index (χ3n) is 4.14. The standard InChI is InChI=1S/C17H23NO4/c1-12(10-13-6-3-4-8-15(13)22-2)11-16(19)18-9-5-7-14(18)17(20)21/h3-4,6,8,12,14H,5,7,9-11H2,1-2H3,(H,20,21)/t12-,14-/m0/s1. The molecule has 1 aliphatic rings. The first-order valence-corrected chi connectivity index (χ1v) is 7.67. The first-order valence-electron chi connectivity index (χ1n) is 7.67. The van der Waals surface area contributed by atoms with E-state index in [0.717, 1.165) is 24.2 Å². The predicted molar refractivity (Wildman–Crippen MR) is 82.8 cm³/mol. The lowest BCUT2D eigenvalue weighted by Gasteiger charge is -2.23. The molecule has 1 aromatic carbocycles. The van der Waals surface area contributed by atoms with Crippen molar-refractivity contribution in [3.05, 3.63) is 29.8 Å². The Morgan fingerprint density at radius 2 is 2.14 bits per heavy atom. The number of carboxylic acid groups (broad SMARTS) is 1. The van der Waals surface area contributed by atoms with E-state index in [9.17, 15) is 9.59 Å². The molecule has 120 valence electrons. The number of hydrogen-bond acceptors (Lipinski definition) is 3. The van der Waals surface area contributed by atoms with Gasteiger partial charge < -0.3 is 14.7 Å². The minimum Gasteiger partial charge on any atom is -0.496 e. The Morgan fingerprint density at radius 3 is 2.82 bits per heavy atom. The molecule has 22 heavy (non-hydrogen) atoms. The van der Waals surface area contributed by atoms with E-state index < -0.39 is 12.0 Å². The summed E-state index contributed by atoms with van der Waals surface area (Å²) in [5.74, 6) is 0.000702. The van der Waals surface area contributed by atoms with E-state index in [1.807, 2.05) is 31.2 Å². The van der Waals surface area contributed by atoms with Gasteiger partial charge in [0.2, 0.25) is 5.91 Å². The summed E-state index contributed by atoms with van der Waals surface area (Å²) in [6.07, 6.45) is 2.43. The van der Waals surface area contributed by atoms with Crippen molar-refractivity contribution in [2.24, 2.45) is 5.92 Å². The Hall–Kier alpha value is -2.04. The van der Waals surface area contributed by atoms with Gasteiger partial charge in [0, 0.05) is 13.0 Å². The largest absolute Gasteiger partial charge is 0.496 e. The number of carboxylic acids is 1. The molecule has 1 fully saturated rings. The molecule has 1 amide bonds. The number of likely N-dealkylation sites (tertiary alicyclic amines) is 1. The van der Waals surface area contributed by atoms with Gasteiger partial charge in [-0.2, -0.15) is 0 Å². The summed E-state index contributed by atoms with van der Waals surface area (Å²) in [4.78, 5) is 25.0. The van der Waals surface area contributed by atoms with Crippen LogP contribution >= 0.6 is 0 Å². The Kier molecular flexibility index (Phi) is 5.41. The highest BCUT2D eigenvalue weighted by atomic mass is 16.5. The molecule has 2 rings (SSSR count). The van der Waals surface area contributed by atoms with Crippen LogP contribution in [0.2, 0.25) is 0 Å². The van der Waals surface area contributed by atoms with Gasteiger partial charge in [0.15, 0.2) is 0 Å². The number of benzene rings is 1. The molecule has 1 heterocycles. The minimum atomic E-state index is -0.900. The van der Waals surface area contributed by atoms with Crippen LogP contribution in [0.1, 0.15) is 31.7 Å². The fourth-order valence-electron chi connectivity index (χ4n) is 3.06. The zero-order valence-corrected chi connectivity index (χ0v) is 13.1. The molecule has 5 heteroatoms. The molecule has 0 aromatic heterocycles. The molecule has 5 nitrogen and oxygen atoms in total. The second-order valence-corrected chi connectivity index (χ2v) is 5.91.